The third kappa shape index (κ3) is 5.03. The molecular formula is C27H31ClN4O2. The van der Waals surface area contributed by atoms with Crippen LogP contribution in [-0.2, 0) is 10.2 Å². The molecule has 7 heteroatoms. The van der Waals surface area contributed by atoms with Gasteiger partial charge in [0.05, 0.1) is 23.2 Å². The minimum Gasteiger partial charge on any atom is -0.481 e. The van der Waals surface area contributed by atoms with Crippen LogP contribution in [0.5, 0.6) is 0 Å². The van der Waals surface area contributed by atoms with Crippen LogP contribution in [0.2, 0.25) is 5.02 Å². The molecule has 1 aromatic heterocycles. The second-order valence-corrected chi connectivity index (χ2v) is 9.81. The van der Waals surface area contributed by atoms with E-state index in [0.717, 1.165) is 23.6 Å². The first-order chi connectivity index (χ1) is 16.3. The first-order valence-electron chi connectivity index (χ1n) is 11.5. The Morgan fingerprint density at radius 2 is 1.94 bits per heavy atom. The van der Waals surface area contributed by atoms with Gasteiger partial charge >= 0.3 is 5.97 Å². The third-order valence-electron chi connectivity index (χ3n) is 6.61. The fraction of sp³-hybridized carbons (Fsp3) is 0.333. The number of carboxylic acid groups (broad SMARTS) is 1. The van der Waals surface area contributed by atoms with E-state index in [0.29, 0.717) is 17.1 Å². The molecule has 0 saturated carbocycles. The van der Waals surface area contributed by atoms with Gasteiger partial charge in [0, 0.05) is 24.3 Å². The van der Waals surface area contributed by atoms with Crippen LogP contribution in [0.1, 0.15) is 49.4 Å². The number of anilines is 2. The molecule has 0 spiro atoms. The van der Waals surface area contributed by atoms with Crippen LogP contribution >= 0.6 is 11.6 Å². The van der Waals surface area contributed by atoms with Crippen molar-refractivity contribution in [3.63, 3.8) is 0 Å². The van der Waals surface area contributed by atoms with Gasteiger partial charge in [-0.3, -0.25) is 4.79 Å². The van der Waals surface area contributed by atoms with Gasteiger partial charge in [-0.05, 0) is 54.7 Å². The number of carboxylic acids is 1. The first kappa shape index (κ1) is 24.0. The summed E-state index contributed by atoms with van der Waals surface area (Å²) in [6.07, 6.45) is 1.79. The average molecular weight is 479 g/mol. The van der Waals surface area contributed by atoms with Crippen molar-refractivity contribution in [3.05, 3.63) is 88.6 Å². The summed E-state index contributed by atoms with van der Waals surface area (Å²) in [6, 6.07) is 20.2. The van der Waals surface area contributed by atoms with E-state index in [1.807, 2.05) is 30.3 Å². The van der Waals surface area contributed by atoms with Gasteiger partial charge in [0.1, 0.15) is 5.82 Å². The Hall–Kier alpha value is -3.09. The number of fused-ring (bicyclic) bond motifs is 1. The van der Waals surface area contributed by atoms with Gasteiger partial charge in [0.2, 0.25) is 0 Å². The van der Waals surface area contributed by atoms with E-state index in [-0.39, 0.29) is 18.0 Å². The van der Waals surface area contributed by atoms with E-state index < -0.39 is 11.4 Å². The van der Waals surface area contributed by atoms with Gasteiger partial charge in [0.25, 0.3) is 0 Å². The fourth-order valence-electron chi connectivity index (χ4n) is 4.33. The van der Waals surface area contributed by atoms with Crippen molar-refractivity contribution in [2.24, 2.45) is 0 Å². The summed E-state index contributed by atoms with van der Waals surface area (Å²) in [7, 11) is 0. The Morgan fingerprint density at radius 3 is 2.68 bits per heavy atom. The molecule has 34 heavy (non-hydrogen) atoms. The number of benzene rings is 2. The van der Waals surface area contributed by atoms with E-state index in [4.69, 9.17) is 11.6 Å². The molecule has 1 aliphatic rings. The lowest BCUT2D eigenvalue weighted by atomic mass is 9.82. The van der Waals surface area contributed by atoms with Crippen LogP contribution in [-0.4, -0.2) is 35.2 Å². The molecule has 6 nitrogen and oxygen atoms in total. The van der Waals surface area contributed by atoms with Gasteiger partial charge in [0.15, 0.2) is 0 Å². The summed E-state index contributed by atoms with van der Waals surface area (Å²) >= 11 is 6.38. The van der Waals surface area contributed by atoms with Gasteiger partial charge in [-0.25, -0.2) is 4.98 Å². The van der Waals surface area contributed by atoms with E-state index in [1.54, 1.807) is 26.1 Å². The van der Waals surface area contributed by atoms with E-state index in [1.165, 1.54) is 5.56 Å². The van der Waals surface area contributed by atoms with Gasteiger partial charge in [-0.1, -0.05) is 61.0 Å². The second-order valence-electron chi connectivity index (χ2n) is 9.40. The Morgan fingerprint density at radius 1 is 1.18 bits per heavy atom. The molecule has 0 radical (unpaired) electrons. The molecule has 0 saturated heterocycles. The van der Waals surface area contributed by atoms with Crippen LogP contribution < -0.4 is 16.0 Å². The number of hydrogen-bond acceptors (Lipinski definition) is 5. The fourth-order valence-corrected chi connectivity index (χ4v) is 4.68. The highest BCUT2D eigenvalue weighted by molar-refractivity contribution is 6.31. The van der Waals surface area contributed by atoms with E-state index in [9.17, 15) is 9.90 Å². The predicted molar refractivity (Wildman–Crippen MR) is 138 cm³/mol. The highest BCUT2D eigenvalue weighted by Crippen LogP contribution is 2.33. The smallest absolute Gasteiger partial charge is 0.313 e. The summed E-state index contributed by atoms with van der Waals surface area (Å²) in [5.41, 5.74) is 2.82. The van der Waals surface area contributed by atoms with Crippen molar-refractivity contribution in [3.8, 4) is 0 Å². The van der Waals surface area contributed by atoms with Gasteiger partial charge in [-0.2, -0.15) is 0 Å². The first-order valence-corrected chi connectivity index (χ1v) is 11.9. The summed E-state index contributed by atoms with van der Waals surface area (Å²) in [5.74, 6) is 0.104. The molecular weight excluding hydrogens is 448 g/mol. The lowest BCUT2D eigenvalue weighted by Crippen LogP contribution is -2.45. The van der Waals surface area contributed by atoms with Gasteiger partial charge < -0.3 is 21.1 Å². The predicted octanol–water partition coefficient (Wildman–Crippen LogP) is 5.44. The number of hydrogen-bond donors (Lipinski definition) is 4. The van der Waals surface area contributed by atoms with E-state index in [2.05, 4.69) is 52.1 Å². The molecule has 3 atom stereocenters. The topological polar surface area (TPSA) is 86.3 Å². The SMILES string of the molecule is C[C@@H](CN[C@H](c1ccccc1)[C@H]1CNc2cccnc2N1)c1ccc(Cl)c(C(C)(C)C(=O)O)c1. The summed E-state index contributed by atoms with van der Waals surface area (Å²) in [6.45, 7) is 6.97. The molecule has 0 amide bonds. The molecule has 1 aliphatic heterocycles. The summed E-state index contributed by atoms with van der Waals surface area (Å²) in [5, 5.41) is 21.0. The zero-order chi connectivity index (χ0) is 24.3. The molecule has 0 fully saturated rings. The Bertz CT molecular complexity index is 1150. The van der Waals surface area contributed by atoms with Crippen LogP contribution in [0.25, 0.3) is 0 Å². The number of rotatable bonds is 8. The minimum absolute atomic E-state index is 0.0496. The molecule has 4 N–H and O–H groups in total. The zero-order valence-electron chi connectivity index (χ0n) is 19.7. The maximum Gasteiger partial charge on any atom is 0.313 e. The lowest BCUT2D eigenvalue weighted by Gasteiger charge is -2.35. The number of halogens is 1. The third-order valence-corrected chi connectivity index (χ3v) is 6.94. The number of pyridine rings is 1. The standard InChI is InChI=1S/C27H31ClN4O2/c1-17(19-11-12-21(28)20(14-19)27(2,3)26(33)34)15-31-24(18-8-5-4-6-9-18)23-16-30-22-10-7-13-29-25(22)32-23/h4-14,17,23-24,30-31H,15-16H2,1-3H3,(H,29,32)(H,33,34)/t17-,23+,24+/m0/s1. The normalized spacial score (nSPS) is 17.1. The van der Waals surface area contributed by atoms with E-state index >= 15 is 0 Å². The molecule has 3 aromatic rings. The molecule has 0 unspecified atom stereocenters. The second kappa shape index (κ2) is 10.0. The summed E-state index contributed by atoms with van der Waals surface area (Å²) in [4.78, 5) is 16.3. The van der Waals surface area contributed by atoms with Crippen molar-refractivity contribution in [1.29, 1.82) is 0 Å². The maximum atomic E-state index is 11.8. The van der Waals surface area contributed by atoms with Crippen LogP contribution in [0.4, 0.5) is 11.5 Å². The number of aromatic nitrogens is 1. The molecule has 2 aromatic carbocycles. The lowest BCUT2D eigenvalue weighted by molar-refractivity contribution is -0.142. The zero-order valence-corrected chi connectivity index (χ0v) is 20.4. The van der Waals surface area contributed by atoms with Crippen molar-refractivity contribution >= 4 is 29.1 Å². The number of aliphatic carboxylic acids is 1. The number of nitrogens with zero attached hydrogens (tertiary/aromatic N) is 1. The maximum absolute atomic E-state index is 11.8. The number of carbonyl (C=O) groups is 1. The minimum atomic E-state index is -1.06. The van der Waals surface area contributed by atoms with Crippen molar-refractivity contribution in [2.45, 2.75) is 44.2 Å². The summed E-state index contributed by atoms with van der Waals surface area (Å²) < 4.78 is 0. The molecule has 4 rings (SSSR count). The van der Waals surface area contributed by atoms with Crippen molar-refractivity contribution < 1.29 is 9.90 Å². The van der Waals surface area contributed by atoms with Crippen LogP contribution in [0.15, 0.2) is 66.9 Å². The largest absolute Gasteiger partial charge is 0.481 e. The quantitative estimate of drug-likeness (QED) is 0.345. The molecule has 0 bridgehead atoms. The van der Waals surface area contributed by atoms with Crippen molar-refractivity contribution in [1.82, 2.24) is 10.3 Å². The molecule has 2 heterocycles. The molecule has 0 aliphatic carbocycles. The highest BCUT2D eigenvalue weighted by Gasteiger charge is 2.32. The Labute approximate surface area is 205 Å². The number of nitrogens with one attached hydrogen (secondary N) is 3. The van der Waals surface area contributed by atoms with Crippen molar-refractivity contribution in [2.75, 3.05) is 23.7 Å². The molecule has 178 valence electrons. The van der Waals surface area contributed by atoms with Gasteiger partial charge in [-0.15, -0.1) is 0 Å². The Balaban J connectivity index is 1.54. The highest BCUT2D eigenvalue weighted by atomic mass is 35.5. The average Bonchev–Trinajstić information content (AvgIpc) is 2.84. The van der Waals surface area contributed by atoms with Crippen LogP contribution in [0.3, 0.4) is 0 Å². The Kier molecular flexibility index (Phi) is 7.10. The monoisotopic (exact) mass is 478 g/mol. The van der Waals surface area contributed by atoms with Crippen LogP contribution in [0, 0.1) is 0 Å².